The van der Waals surface area contributed by atoms with Gasteiger partial charge in [0.15, 0.2) is 0 Å². The summed E-state index contributed by atoms with van der Waals surface area (Å²) >= 11 is 0. The fraction of sp³-hybridized carbons (Fsp3) is 0.375. The van der Waals surface area contributed by atoms with Crippen LogP contribution in [0.25, 0.3) is 0 Å². The van der Waals surface area contributed by atoms with E-state index in [2.05, 4.69) is 0 Å². The molecule has 0 spiro atoms. The summed E-state index contributed by atoms with van der Waals surface area (Å²) in [5.41, 5.74) is 1.07. The maximum Gasteiger partial charge on any atom is 0.246 e. The molecule has 0 aliphatic carbocycles. The molecule has 1 aromatic carbocycles. The predicted molar refractivity (Wildman–Crippen MR) is 76.7 cm³/mol. The number of carbonyl (C=O) groups is 2. The van der Waals surface area contributed by atoms with Crippen molar-refractivity contribution >= 4 is 12.2 Å². The number of hydrogen-bond acceptors (Lipinski definition) is 2. The first-order valence-corrected chi connectivity index (χ1v) is 6.55. The molecule has 102 valence electrons. The van der Waals surface area contributed by atoms with E-state index in [1.165, 1.54) is 0 Å². The molecule has 0 aliphatic rings. The molecule has 0 saturated heterocycles. The van der Waals surface area contributed by atoms with Gasteiger partial charge in [0, 0.05) is 12.5 Å². The van der Waals surface area contributed by atoms with Crippen LogP contribution in [-0.2, 0) is 9.59 Å². The van der Waals surface area contributed by atoms with E-state index < -0.39 is 0 Å². The summed E-state index contributed by atoms with van der Waals surface area (Å²) < 4.78 is 0. The molecule has 0 saturated carbocycles. The molecule has 0 heterocycles. The van der Waals surface area contributed by atoms with Crippen LogP contribution in [0.4, 0.5) is 0 Å². The molecular weight excluding hydrogens is 238 g/mol. The second-order valence-electron chi connectivity index (χ2n) is 4.58. The molecule has 1 rings (SSSR count). The second-order valence-corrected chi connectivity index (χ2v) is 4.58. The van der Waals surface area contributed by atoms with Gasteiger partial charge in [-0.1, -0.05) is 36.4 Å². The Morgan fingerprint density at radius 1 is 1.26 bits per heavy atom. The van der Waals surface area contributed by atoms with Gasteiger partial charge in [-0.15, -0.1) is 0 Å². The summed E-state index contributed by atoms with van der Waals surface area (Å²) in [6.07, 6.45) is 4.47. The SMILES string of the molecule is C/C=C/C(=O)N([C@H](C)CC=O)[C@@H](C)c1ccccc1. The second kappa shape index (κ2) is 7.52. The molecule has 3 nitrogen and oxygen atoms in total. The molecule has 0 bridgehead atoms. The van der Waals surface area contributed by atoms with Crippen molar-refractivity contribution in [1.29, 1.82) is 0 Å². The number of carbonyl (C=O) groups excluding carboxylic acids is 2. The summed E-state index contributed by atoms with van der Waals surface area (Å²) in [5.74, 6) is -0.0618. The van der Waals surface area contributed by atoms with Crippen molar-refractivity contribution in [3.05, 3.63) is 48.0 Å². The van der Waals surface area contributed by atoms with Gasteiger partial charge in [-0.2, -0.15) is 0 Å². The van der Waals surface area contributed by atoms with E-state index >= 15 is 0 Å². The highest BCUT2D eigenvalue weighted by molar-refractivity contribution is 5.88. The zero-order valence-corrected chi connectivity index (χ0v) is 11.7. The topological polar surface area (TPSA) is 37.4 Å². The maximum atomic E-state index is 12.2. The number of amides is 1. The highest BCUT2D eigenvalue weighted by Gasteiger charge is 2.24. The number of allylic oxidation sites excluding steroid dienone is 1. The van der Waals surface area contributed by atoms with Crippen molar-refractivity contribution in [3.8, 4) is 0 Å². The van der Waals surface area contributed by atoms with E-state index in [1.54, 1.807) is 17.1 Å². The Morgan fingerprint density at radius 3 is 2.42 bits per heavy atom. The highest BCUT2D eigenvalue weighted by atomic mass is 16.2. The average Bonchev–Trinajstić information content (AvgIpc) is 2.40. The molecule has 0 unspecified atom stereocenters. The minimum absolute atomic E-state index is 0.0557. The Balaban J connectivity index is 3.02. The Morgan fingerprint density at radius 2 is 1.89 bits per heavy atom. The van der Waals surface area contributed by atoms with Crippen LogP contribution in [0.2, 0.25) is 0 Å². The molecule has 1 aromatic rings. The maximum absolute atomic E-state index is 12.2. The lowest BCUT2D eigenvalue weighted by atomic mass is 10.0. The average molecular weight is 259 g/mol. The van der Waals surface area contributed by atoms with Crippen molar-refractivity contribution in [2.24, 2.45) is 0 Å². The molecule has 19 heavy (non-hydrogen) atoms. The number of benzene rings is 1. The predicted octanol–water partition coefficient (Wildman–Crippen LogP) is 3.13. The van der Waals surface area contributed by atoms with Crippen molar-refractivity contribution in [1.82, 2.24) is 4.90 Å². The first-order valence-electron chi connectivity index (χ1n) is 6.55. The molecule has 2 atom stereocenters. The Bertz CT molecular complexity index is 439. The van der Waals surface area contributed by atoms with Gasteiger partial charge >= 0.3 is 0 Å². The molecular formula is C16H21NO2. The Labute approximate surface area is 114 Å². The van der Waals surface area contributed by atoms with Gasteiger partial charge in [-0.3, -0.25) is 4.79 Å². The van der Waals surface area contributed by atoms with E-state index in [0.29, 0.717) is 6.42 Å². The third-order valence-corrected chi connectivity index (χ3v) is 3.18. The lowest BCUT2D eigenvalue weighted by Crippen LogP contribution is -2.39. The van der Waals surface area contributed by atoms with Crippen LogP contribution >= 0.6 is 0 Å². The van der Waals surface area contributed by atoms with Gasteiger partial charge in [-0.25, -0.2) is 0 Å². The van der Waals surface area contributed by atoms with Crippen LogP contribution in [0.3, 0.4) is 0 Å². The van der Waals surface area contributed by atoms with E-state index in [9.17, 15) is 9.59 Å². The third-order valence-electron chi connectivity index (χ3n) is 3.18. The first-order chi connectivity index (χ1) is 9.11. The monoisotopic (exact) mass is 259 g/mol. The van der Waals surface area contributed by atoms with Crippen LogP contribution < -0.4 is 0 Å². The fourth-order valence-corrected chi connectivity index (χ4v) is 2.16. The Hall–Kier alpha value is -1.90. The van der Waals surface area contributed by atoms with Crippen LogP contribution in [-0.4, -0.2) is 23.1 Å². The van der Waals surface area contributed by atoms with E-state index in [1.807, 2.05) is 51.1 Å². The van der Waals surface area contributed by atoms with Gasteiger partial charge < -0.3 is 9.69 Å². The number of hydrogen-bond donors (Lipinski definition) is 0. The molecule has 0 aromatic heterocycles. The number of nitrogens with zero attached hydrogens (tertiary/aromatic N) is 1. The lowest BCUT2D eigenvalue weighted by molar-refractivity contribution is -0.130. The largest absolute Gasteiger partial charge is 0.329 e. The minimum Gasteiger partial charge on any atom is -0.329 e. The third kappa shape index (κ3) is 4.05. The molecule has 0 fully saturated rings. The zero-order valence-electron chi connectivity index (χ0n) is 11.7. The van der Waals surface area contributed by atoms with Crippen LogP contribution in [0.5, 0.6) is 0 Å². The van der Waals surface area contributed by atoms with E-state index in [4.69, 9.17) is 0 Å². The molecule has 3 heteroatoms. The summed E-state index contributed by atoms with van der Waals surface area (Å²) in [5, 5.41) is 0. The van der Waals surface area contributed by atoms with Gasteiger partial charge in [0.2, 0.25) is 5.91 Å². The molecule has 0 radical (unpaired) electrons. The summed E-state index contributed by atoms with van der Waals surface area (Å²) in [7, 11) is 0. The molecule has 0 aliphatic heterocycles. The lowest BCUT2D eigenvalue weighted by Gasteiger charge is -2.33. The smallest absolute Gasteiger partial charge is 0.246 e. The zero-order chi connectivity index (χ0) is 14.3. The van der Waals surface area contributed by atoms with Gasteiger partial charge in [0.25, 0.3) is 0 Å². The highest BCUT2D eigenvalue weighted by Crippen LogP contribution is 2.23. The van der Waals surface area contributed by atoms with Crippen LogP contribution in [0.1, 0.15) is 38.8 Å². The number of aldehydes is 1. The first kappa shape index (κ1) is 15.2. The number of rotatable bonds is 6. The van der Waals surface area contributed by atoms with Gasteiger partial charge in [-0.05, 0) is 32.4 Å². The van der Waals surface area contributed by atoms with E-state index in [0.717, 1.165) is 11.8 Å². The van der Waals surface area contributed by atoms with Crippen molar-refractivity contribution < 1.29 is 9.59 Å². The minimum atomic E-state index is -0.114. The summed E-state index contributed by atoms with van der Waals surface area (Å²) in [4.78, 5) is 24.7. The van der Waals surface area contributed by atoms with Crippen molar-refractivity contribution in [2.45, 2.75) is 39.3 Å². The summed E-state index contributed by atoms with van der Waals surface area (Å²) in [6, 6.07) is 9.67. The normalized spacial score (nSPS) is 14.1. The fourth-order valence-electron chi connectivity index (χ4n) is 2.16. The molecule has 0 N–H and O–H groups in total. The van der Waals surface area contributed by atoms with Crippen molar-refractivity contribution in [2.75, 3.05) is 0 Å². The molecule has 1 amide bonds. The van der Waals surface area contributed by atoms with Crippen molar-refractivity contribution in [3.63, 3.8) is 0 Å². The Kier molecular flexibility index (Phi) is 6.00. The van der Waals surface area contributed by atoms with Crippen LogP contribution in [0.15, 0.2) is 42.5 Å². The standard InChI is InChI=1S/C16H21NO2/c1-4-8-16(19)17(13(2)11-12-18)14(3)15-9-6-5-7-10-15/h4-10,12-14H,11H2,1-3H3/b8-4+/t13-,14+/m1/s1. The quantitative estimate of drug-likeness (QED) is 0.581. The van der Waals surface area contributed by atoms with Gasteiger partial charge in [0.05, 0.1) is 6.04 Å². The van der Waals surface area contributed by atoms with E-state index in [-0.39, 0.29) is 18.0 Å². The summed E-state index contributed by atoms with van der Waals surface area (Å²) in [6.45, 7) is 5.70. The van der Waals surface area contributed by atoms with Gasteiger partial charge in [0.1, 0.15) is 6.29 Å². The van der Waals surface area contributed by atoms with Crippen LogP contribution in [0, 0.1) is 0 Å².